The molecule has 12 nitrogen and oxygen atoms in total. The molecule has 0 atom stereocenters. The standard InChI is InChI=1S/C27H24FN7O5/c1-33(2)26(38)17-7-4-15(5-8-17)12-30-25(37)21-11-19(32-23-18(28)14-31-35(21)23)24(36)29-13-16-6-9-22-20(10-16)34(3)27(39)40-22/h4-11,14H,12-13H2,1-3H3,(H,29,36)(H,30,37). The minimum absolute atomic E-state index is 0.0800. The SMILES string of the molecule is CN(C)C(=O)c1ccc(CNC(=O)c2cc(C(=O)NCc3ccc4oc(=O)n(C)c4c3)nc3c(F)cnn23)cc1. The van der Waals surface area contributed by atoms with Crippen LogP contribution in [0.3, 0.4) is 0 Å². The number of hydrogen-bond acceptors (Lipinski definition) is 7. The van der Waals surface area contributed by atoms with Gasteiger partial charge in [0.05, 0.1) is 11.7 Å². The van der Waals surface area contributed by atoms with Gasteiger partial charge in [-0.15, -0.1) is 0 Å². The molecule has 13 heteroatoms. The fraction of sp³-hybridized carbons (Fsp3) is 0.185. The normalized spacial score (nSPS) is 11.1. The van der Waals surface area contributed by atoms with Crippen molar-refractivity contribution in [1.82, 2.24) is 34.7 Å². The van der Waals surface area contributed by atoms with E-state index in [4.69, 9.17) is 4.42 Å². The van der Waals surface area contributed by atoms with Crippen LogP contribution in [0.4, 0.5) is 4.39 Å². The second kappa shape index (κ2) is 10.4. The van der Waals surface area contributed by atoms with E-state index in [1.165, 1.54) is 15.5 Å². The topological polar surface area (TPSA) is 144 Å². The molecule has 2 aromatic carbocycles. The molecule has 3 aromatic heterocycles. The molecular weight excluding hydrogens is 521 g/mol. The number of oxazole rings is 1. The molecular formula is C27H24FN7O5. The number of nitrogens with one attached hydrogen (secondary N) is 2. The van der Waals surface area contributed by atoms with Gasteiger partial charge in [-0.1, -0.05) is 18.2 Å². The monoisotopic (exact) mass is 545 g/mol. The molecule has 40 heavy (non-hydrogen) atoms. The lowest BCUT2D eigenvalue weighted by Gasteiger charge is -2.11. The van der Waals surface area contributed by atoms with Crippen LogP contribution >= 0.6 is 0 Å². The smallest absolute Gasteiger partial charge is 0.408 e. The van der Waals surface area contributed by atoms with Gasteiger partial charge in [0.1, 0.15) is 11.4 Å². The van der Waals surface area contributed by atoms with Crippen molar-refractivity contribution in [2.75, 3.05) is 14.1 Å². The molecule has 0 radical (unpaired) electrons. The minimum atomic E-state index is -0.795. The van der Waals surface area contributed by atoms with Crippen molar-refractivity contribution in [3.63, 3.8) is 0 Å². The number of aromatic nitrogens is 4. The Morgan fingerprint density at radius 3 is 2.38 bits per heavy atom. The van der Waals surface area contributed by atoms with Crippen molar-refractivity contribution < 1.29 is 23.2 Å². The molecule has 0 aliphatic rings. The quantitative estimate of drug-likeness (QED) is 0.318. The van der Waals surface area contributed by atoms with Gasteiger partial charge in [0.15, 0.2) is 17.0 Å². The largest absolute Gasteiger partial charge is 0.419 e. The molecule has 0 aliphatic heterocycles. The fourth-order valence-electron chi connectivity index (χ4n) is 4.07. The molecule has 0 aliphatic carbocycles. The second-order valence-corrected chi connectivity index (χ2v) is 9.25. The molecule has 0 fully saturated rings. The van der Waals surface area contributed by atoms with Gasteiger partial charge in [-0.3, -0.25) is 19.0 Å². The van der Waals surface area contributed by atoms with E-state index < -0.39 is 23.4 Å². The summed E-state index contributed by atoms with van der Waals surface area (Å²) in [5, 5.41) is 9.30. The first kappa shape index (κ1) is 26.3. The van der Waals surface area contributed by atoms with Crippen LogP contribution in [-0.2, 0) is 20.1 Å². The Morgan fingerprint density at radius 2 is 1.65 bits per heavy atom. The summed E-state index contributed by atoms with van der Waals surface area (Å²) >= 11 is 0. The molecule has 0 spiro atoms. The average molecular weight is 546 g/mol. The molecule has 0 bridgehead atoms. The Bertz CT molecular complexity index is 1840. The summed E-state index contributed by atoms with van der Waals surface area (Å²) in [4.78, 5) is 55.3. The van der Waals surface area contributed by atoms with Crippen molar-refractivity contribution in [3.8, 4) is 0 Å². The highest BCUT2D eigenvalue weighted by Gasteiger charge is 2.20. The van der Waals surface area contributed by atoms with E-state index in [1.807, 2.05) is 0 Å². The molecule has 2 N–H and O–H groups in total. The van der Waals surface area contributed by atoms with Gasteiger partial charge in [0.2, 0.25) is 0 Å². The van der Waals surface area contributed by atoms with Gasteiger partial charge in [0, 0.05) is 45.9 Å². The summed E-state index contributed by atoms with van der Waals surface area (Å²) in [7, 11) is 4.88. The van der Waals surface area contributed by atoms with E-state index >= 15 is 0 Å². The predicted octanol–water partition coefficient (Wildman–Crippen LogP) is 1.88. The van der Waals surface area contributed by atoms with Crippen LogP contribution in [0.25, 0.3) is 16.7 Å². The van der Waals surface area contributed by atoms with Crippen molar-refractivity contribution in [2.45, 2.75) is 13.1 Å². The van der Waals surface area contributed by atoms with Crippen LogP contribution in [0.15, 0.2) is 63.9 Å². The second-order valence-electron chi connectivity index (χ2n) is 9.25. The molecule has 5 aromatic rings. The highest BCUT2D eigenvalue weighted by molar-refractivity contribution is 5.98. The number of carbonyl (C=O) groups is 3. The number of nitrogens with zero attached hydrogens (tertiary/aromatic N) is 5. The Morgan fingerprint density at radius 1 is 0.975 bits per heavy atom. The first-order chi connectivity index (χ1) is 19.1. The number of carbonyl (C=O) groups excluding carboxylic acids is 3. The maximum atomic E-state index is 14.4. The number of benzene rings is 2. The fourth-order valence-corrected chi connectivity index (χ4v) is 4.07. The van der Waals surface area contributed by atoms with Crippen LogP contribution in [0.5, 0.6) is 0 Å². The third kappa shape index (κ3) is 5.04. The lowest BCUT2D eigenvalue weighted by molar-refractivity contribution is 0.0826. The summed E-state index contributed by atoms with van der Waals surface area (Å²) in [6.07, 6.45) is 0.908. The Kier molecular flexibility index (Phi) is 6.86. The highest BCUT2D eigenvalue weighted by atomic mass is 19.1. The first-order valence-corrected chi connectivity index (χ1v) is 12.1. The number of aryl methyl sites for hydroxylation is 1. The van der Waals surface area contributed by atoms with Crippen molar-refractivity contribution >= 4 is 34.5 Å². The molecule has 0 saturated heterocycles. The zero-order valence-electron chi connectivity index (χ0n) is 21.8. The maximum absolute atomic E-state index is 14.4. The first-order valence-electron chi connectivity index (χ1n) is 12.1. The van der Waals surface area contributed by atoms with Crippen molar-refractivity contribution in [3.05, 3.63) is 99.2 Å². The summed E-state index contributed by atoms with van der Waals surface area (Å²) in [6, 6.07) is 13.0. The zero-order valence-corrected chi connectivity index (χ0v) is 21.8. The van der Waals surface area contributed by atoms with E-state index in [2.05, 4.69) is 20.7 Å². The molecule has 0 unspecified atom stereocenters. The third-order valence-electron chi connectivity index (χ3n) is 6.26. The van der Waals surface area contributed by atoms with Crippen LogP contribution in [0.1, 0.15) is 42.5 Å². The van der Waals surface area contributed by atoms with E-state index in [9.17, 15) is 23.6 Å². The Hall–Kier alpha value is -5.33. The number of halogens is 1. The molecule has 3 amide bonds. The van der Waals surface area contributed by atoms with Crippen LogP contribution < -0.4 is 16.4 Å². The summed E-state index contributed by atoms with van der Waals surface area (Å²) in [5.41, 5.74) is 2.35. The number of hydrogen-bond donors (Lipinski definition) is 2. The van der Waals surface area contributed by atoms with Gasteiger partial charge >= 0.3 is 5.76 Å². The summed E-state index contributed by atoms with van der Waals surface area (Å²) in [5.74, 6) is -2.69. The Labute approximate surface area is 226 Å². The van der Waals surface area contributed by atoms with E-state index in [0.29, 0.717) is 22.2 Å². The highest BCUT2D eigenvalue weighted by Crippen LogP contribution is 2.15. The van der Waals surface area contributed by atoms with Crippen molar-refractivity contribution in [1.29, 1.82) is 0 Å². The van der Waals surface area contributed by atoms with Crippen LogP contribution in [0.2, 0.25) is 0 Å². The molecule has 3 heterocycles. The zero-order chi connectivity index (χ0) is 28.6. The molecule has 0 saturated carbocycles. The van der Waals surface area contributed by atoms with Gasteiger partial charge in [-0.25, -0.2) is 18.7 Å². The number of amides is 3. The molecule has 204 valence electrons. The van der Waals surface area contributed by atoms with Gasteiger partial charge < -0.3 is 20.0 Å². The summed E-state index contributed by atoms with van der Waals surface area (Å²) in [6.45, 7) is 0.194. The number of rotatable bonds is 7. The van der Waals surface area contributed by atoms with Gasteiger partial charge in [0.25, 0.3) is 17.7 Å². The minimum Gasteiger partial charge on any atom is -0.408 e. The Balaban J connectivity index is 1.33. The van der Waals surface area contributed by atoms with E-state index in [-0.39, 0.29) is 36.0 Å². The number of fused-ring (bicyclic) bond motifs is 2. The average Bonchev–Trinajstić information content (AvgIpc) is 3.47. The lowest BCUT2D eigenvalue weighted by Crippen LogP contribution is -2.28. The third-order valence-corrected chi connectivity index (χ3v) is 6.26. The van der Waals surface area contributed by atoms with Crippen LogP contribution in [-0.4, -0.2) is 55.9 Å². The van der Waals surface area contributed by atoms with Gasteiger partial charge in [-0.05, 0) is 35.4 Å². The van der Waals surface area contributed by atoms with E-state index in [1.54, 1.807) is 63.6 Å². The van der Waals surface area contributed by atoms with Gasteiger partial charge in [-0.2, -0.15) is 5.10 Å². The molecule has 5 rings (SSSR count). The summed E-state index contributed by atoms with van der Waals surface area (Å²) < 4.78 is 21.9. The van der Waals surface area contributed by atoms with E-state index in [0.717, 1.165) is 16.3 Å². The maximum Gasteiger partial charge on any atom is 0.419 e. The predicted molar refractivity (Wildman–Crippen MR) is 141 cm³/mol. The van der Waals surface area contributed by atoms with Crippen molar-refractivity contribution in [2.24, 2.45) is 7.05 Å². The lowest BCUT2D eigenvalue weighted by atomic mass is 10.1. The van der Waals surface area contributed by atoms with Crippen LogP contribution in [0, 0.1) is 5.82 Å².